The molecule has 1 amide bonds. The Labute approximate surface area is 150 Å². The van der Waals surface area contributed by atoms with Crippen molar-refractivity contribution in [2.75, 3.05) is 0 Å². The summed E-state index contributed by atoms with van der Waals surface area (Å²) in [5.41, 5.74) is 3.64. The van der Waals surface area contributed by atoms with Gasteiger partial charge in [0.05, 0.1) is 11.5 Å². The highest BCUT2D eigenvalue weighted by atomic mass is 16.6. The van der Waals surface area contributed by atoms with Gasteiger partial charge in [-0.2, -0.15) is 5.10 Å². The zero-order valence-electron chi connectivity index (χ0n) is 14.3. The van der Waals surface area contributed by atoms with E-state index in [9.17, 15) is 14.9 Å². The number of hydrogen-bond donors (Lipinski definition) is 1. The van der Waals surface area contributed by atoms with Crippen LogP contribution >= 0.6 is 0 Å². The van der Waals surface area contributed by atoms with Gasteiger partial charge in [-0.05, 0) is 30.2 Å². The predicted molar refractivity (Wildman–Crippen MR) is 96.8 cm³/mol. The van der Waals surface area contributed by atoms with E-state index in [0.29, 0.717) is 18.7 Å². The molecule has 0 radical (unpaired) electrons. The first-order valence-corrected chi connectivity index (χ1v) is 8.11. The van der Waals surface area contributed by atoms with E-state index in [1.165, 1.54) is 22.6 Å². The van der Waals surface area contributed by atoms with E-state index < -0.39 is 4.92 Å². The predicted octanol–water partition coefficient (Wildman–Crippen LogP) is 3.08. The number of aryl methyl sites for hydroxylation is 1. The van der Waals surface area contributed by atoms with Crippen LogP contribution < -0.4 is 5.32 Å². The second kappa shape index (κ2) is 7.60. The summed E-state index contributed by atoms with van der Waals surface area (Å²) in [7, 11) is 0. The molecule has 26 heavy (non-hydrogen) atoms. The first-order valence-electron chi connectivity index (χ1n) is 8.11. The Morgan fingerprint density at radius 2 is 1.77 bits per heavy atom. The molecule has 1 aromatic heterocycles. The summed E-state index contributed by atoms with van der Waals surface area (Å²) in [6.07, 6.45) is 2.59. The van der Waals surface area contributed by atoms with Crippen molar-refractivity contribution in [3.63, 3.8) is 0 Å². The average molecular weight is 350 g/mol. The van der Waals surface area contributed by atoms with E-state index >= 15 is 0 Å². The van der Waals surface area contributed by atoms with Crippen molar-refractivity contribution >= 4 is 11.6 Å². The first kappa shape index (κ1) is 17.3. The number of nitrogens with zero attached hydrogens (tertiary/aromatic N) is 3. The number of aromatic nitrogens is 2. The molecule has 132 valence electrons. The molecule has 3 rings (SSSR count). The molecule has 0 spiro atoms. The molecule has 0 saturated carbocycles. The summed E-state index contributed by atoms with van der Waals surface area (Å²) in [5.74, 6) is -0.146. The van der Waals surface area contributed by atoms with Crippen molar-refractivity contribution in [3.8, 4) is 0 Å². The molecule has 3 aromatic rings. The lowest BCUT2D eigenvalue weighted by Crippen LogP contribution is -2.22. The molecular weight excluding hydrogens is 332 g/mol. The molecular formula is C19H18N4O3. The maximum absolute atomic E-state index is 12.2. The average Bonchev–Trinajstić information content (AvgIpc) is 3.10. The Kier molecular flexibility index (Phi) is 5.07. The first-order chi connectivity index (χ1) is 12.5. The molecule has 7 nitrogen and oxygen atoms in total. The van der Waals surface area contributed by atoms with Crippen molar-refractivity contribution in [2.45, 2.75) is 20.0 Å². The Bertz CT molecular complexity index is 915. The van der Waals surface area contributed by atoms with Gasteiger partial charge in [-0.3, -0.25) is 19.6 Å². The molecule has 0 aliphatic carbocycles. The van der Waals surface area contributed by atoms with E-state index in [4.69, 9.17) is 0 Å². The van der Waals surface area contributed by atoms with Gasteiger partial charge in [-0.25, -0.2) is 0 Å². The van der Waals surface area contributed by atoms with Crippen LogP contribution in [0.25, 0.3) is 0 Å². The Balaban J connectivity index is 1.58. The maximum atomic E-state index is 12.2. The van der Waals surface area contributed by atoms with Crippen molar-refractivity contribution in [2.24, 2.45) is 0 Å². The van der Waals surface area contributed by atoms with Crippen LogP contribution in [-0.2, 0) is 13.1 Å². The zero-order chi connectivity index (χ0) is 18.5. The minimum atomic E-state index is -0.481. The van der Waals surface area contributed by atoms with E-state index in [1.807, 2.05) is 43.3 Å². The molecule has 0 aliphatic rings. The molecule has 7 heteroatoms. The van der Waals surface area contributed by atoms with Crippen LogP contribution in [0.15, 0.2) is 60.9 Å². The summed E-state index contributed by atoms with van der Waals surface area (Å²) in [6, 6.07) is 15.1. The lowest BCUT2D eigenvalue weighted by Gasteiger charge is -2.07. The quantitative estimate of drug-likeness (QED) is 0.546. The van der Waals surface area contributed by atoms with Crippen LogP contribution in [0.2, 0.25) is 0 Å². The number of rotatable bonds is 6. The van der Waals surface area contributed by atoms with Gasteiger partial charge >= 0.3 is 5.69 Å². The lowest BCUT2D eigenvalue weighted by atomic mass is 10.1. The molecule has 2 aromatic carbocycles. The summed E-state index contributed by atoms with van der Waals surface area (Å²) in [4.78, 5) is 22.4. The maximum Gasteiger partial charge on any atom is 0.307 e. The number of nitro groups is 1. The topological polar surface area (TPSA) is 90.1 Å². The third kappa shape index (κ3) is 4.32. The van der Waals surface area contributed by atoms with Crippen LogP contribution in [0.5, 0.6) is 0 Å². The van der Waals surface area contributed by atoms with Gasteiger partial charge in [0.2, 0.25) is 0 Å². The van der Waals surface area contributed by atoms with Crippen LogP contribution in [0, 0.1) is 17.0 Å². The Morgan fingerprint density at radius 1 is 1.12 bits per heavy atom. The number of hydrogen-bond acceptors (Lipinski definition) is 4. The summed E-state index contributed by atoms with van der Waals surface area (Å²) in [5, 5.41) is 17.5. The van der Waals surface area contributed by atoms with Crippen LogP contribution in [0.1, 0.15) is 27.0 Å². The lowest BCUT2D eigenvalue weighted by molar-refractivity contribution is -0.385. The largest absolute Gasteiger partial charge is 0.348 e. The normalized spacial score (nSPS) is 10.5. The SMILES string of the molecule is Cc1ccc(CNC(=O)c2ccc(Cn3cc([N+](=O)[O-])cn3)cc2)cc1. The second-order valence-electron chi connectivity index (χ2n) is 6.02. The van der Waals surface area contributed by atoms with Crippen LogP contribution in [-0.4, -0.2) is 20.6 Å². The minimum absolute atomic E-state index is 0.0443. The van der Waals surface area contributed by atoms with Gasteiger partial charge in [-0.15, -0.1) is 0 Å². The number of carbonyl (C=O) groups excluding carboxylic acids is 1. The third-order valence-corrected chi connectivity index (χ3v) is 3.96. The molecule has 1 heterocycles. The number of carbonyl (C=O) groups is 1. The van der Waals surface area contributed by atoms with Gasteiger partial charge in [0.15, 0.2) is 0 Å². The minimum Gasteiger partial charge on any atom is -0.348 e. The molecule has 0 fully saturated rings. The van der Waals surface area contributed by atoms with E-state index in [-0.39, 0.29) is 11.6 Å². The third-order valence-electron chi connectivity index (χ3n) is 3.96. The van der Waals surface area contributed by atoms with Gasteiger partial charge in [-0.1, -0.05) is 42.0 Å². The fourth-order valence-corrected chi connectivity index (χ4v) is 2.47. The highest BCUT2D eigenvalue weighted by molar-refractivity contribution is 5.94. The van der Waals surface area contributed by atoms with Crippen LogP contribution in [0.3, 0.4) is 0 Å². The molecule has 0 atom stereocenters. The smallest absolute Gasteiger partial charge is 0.307 e. The fourth-order valence-electron chi connectivity index (χ4n) is 2.47. The van der Waals surface area contributed by atoms with Crippen molar-refractivity contribution < 1.29 is 9.72 Å². The van der Waals surface area contributed by atoms with E-state index in [2.05, 4.69) is 10.4 Å². The Morgan fingerprint density at radius 3 is 2.38 bits per heavy atom. The van der Waals surface area contributed by atoms with Gasteiger partial charge in [0, 0.05) is 12.1 Å². The standard InChI is InChI=1S/C19H18N4O3/c1-14-2-4-15(5-3-14)10-20-19(24)17-8-6-16(7-9-17)12-22-13-18(11-21-22)23(25)26/h2-9,11,13H,10,12H2,1H3,(H,20,24). The van der Waals surface area contributed by atoms with Crippen molar-refractivity contribution in [3.05, 3.63) is 93.3 Å². The molecule has 0 unspecified atom stereocenters. The summed E-state index contributed by atoms with van der Waals surface area (Å²) >= 11 is 0. The van der Waals surface area contributed by atoms with Gasteiger partial charge in [0.25, 0.3) is 5.91 Å². The van der Waals surface area contributed by atoms with E-state index in [1.54, 1.807) is 12.1 Å². The van der Waals surface area contributed by atoms with Crippen molar-refractivity contribution in [1.29, 1.82) is 0 Å². The monoisotopic (exact) mass is 350 g/mol. The number of nitrogens with one attached hydrogen (secondary N) is 1. The molecule has 0 bridgehead atoms. The number of amides is 1. The highest BCUT2D eigenvalue weighted by Crippen LogP contribution is 2.11. The fraction of sp³-hybridized carbons (Fsp3) is 0.158. The molecule has 1 N–H and O–H groups in total. The van der Waals surface area contributed by atoms with Gasteiger partial charge < -0.3 is 5.32 Å². The van der Waals surface area contributed by atoms with Crippen LogP contribution in [0.4, 0.5) is 5.69 Å². The highest BCUT2D eigenvalue weighted by Gasteiger charge is 2.09. The molecule has 0 aliphatic heterocycles. The van der Waals surface area contributed by atoms with Gasteiger partial charge in [0.1, 0.15) is 12.4 Å². The number of benzene rings is 2. The zero-order valence-corrected chi connectivity index (χ0v) is 14.3. The van der Waals surface area contributed by atoms with Crippen molar-refractivity contribution in [1.82, 2.24) is 15.1 Å². The van der Waals surface area contributed by atoms with E-state index in [0.717, 1.165) is 11.1 Å². The molecule has 0 saturated heterocycles. The summed E-state index contributed by atoms with van der Waals surface area (Å²) in [6.45, 7) is 2.89. The Hall–Kier alpha value is -3.48. The second-order valence-corrected chi connectivity index (χ2v) is 6.02. The summed E-state index contributed by atoms with van der Waals surface area (Å²) < 4.78 is 1.49.